The molecule has 0 aliphatic heterocycles. The van der Waals surface area contributed by atoms with E-state index in [9.17, 15) is 4.39 Å². The zero-order valence-corrected chi connectivity index (χ0v) is 11.9. The van der Waals surface area contributed by atoms with Gasteiger partial charge in [0.25, 0.3) is 0 Å². The molecule has 0 fully saturated rings. The molecule has 0 amide bonds. The van der Waals surface area contributed by atoms with Crippen molar-refractivity contribution in [1.82, 2.24) is 10.3 Å². The third-order valence-electron chi connectivity index (χ3n) is 3.24. The van der Waals surface area contributed by atoms with Crippen molar-refractivity contribution in [2.75, 3.05) is 18.5 Å². The molecule has 0 aliphatic rings. The fourth-order valence-electron chi connectivity index (χ4n) is 2.20. The van der Waals surface area contributed by atoms with E-state index in [4.69, 9.17) is 0 Å². The molecular formula is C16H20FN3. The molecule has 0 saturated carbocycles. The number of nitrogens with zero attached hydrogens (tertiary/aromatic N) is 2. The normalized spacial score (nSPS) is 10.6. The number of rotatable bonds is 6. The Bertz CT molecular complexity index is 543. The van der Waals surface area contributed by atoms with Crippen LogP contribution in [0.5, 0.6) is 0 Å². The smallest absolute Gasteiger partial charge is 0.146 e. The van der Waals surface area contributed by atoms with Gasteiger partial charge in [-0.3, -0.25) is 4.98 Å². The number of nitrogens with one attached hydrogen (secondary N) is 1. The van der Waals surface area contributed by atoms with Crippen LogP contribution in [0.1, 0.15) is 18.1 Å². The SMILES string of the molecule is CCN(Cc1ccncc1)c1ccc(CNC)cc1F. The third-order valence-corrected chi connectivity index (χ3v) is 3.24. The molecule has 1 aromatic heterocycles. The van der Waals surface area contributed by atoms with Gasteiger partial charge in [0, 0.05) is 32.0 Å². The summed E-state index contributed by atoms with van der Waals surface area (Å²) in [5.74, 6) is -0.173. The summed E-state index contributed by atoms with van der Waals surface area (Å²) in [5, 5.41) is 3.03. The first-order chi connectivity index (χ1) is 9.74. The maximum atomic E-state index is 14.2. The van der Waals surface area contributed by atoms with Crippen LogP contribution in [0.15, 0.2) is 42.7 Å². The average molecular weight is 273 g/mol. The number of benzene rings is 1. The maximum absolute atomic E-state index is 14.2. The molecule has 0 spiro atoms. The second-order valence-corrected chi connectivity index (χ2v) is 4.69. The monoisotopic (exact) mass is 273 g/mol. The van der Waals surface area contributed by atoms with Gasteiger partial charge in [0.15, 0.2) is 0 Å². The molecule has 0 saturated heterocycles. The molecule has 0 unspecified atom stereocenters. The van der Waals surface area contributed by atoms with E-state index in [2.05, 4.69) is 10.3 Å². The molecule has 1 heterocycles. The van der Waals surface area contributed by atoms with Crippen molar-refractivity contribution in [3.05, 3.63) is 59.7 Å². The summed E-state index contributed by atoms with van der Waals surface area (Å²) in [6.07, 6.45) is 3.52. The van der Waals surface area contributed by atoms with Gasteiger partial charge in [0.1, 0.15) is 5.82 Å². The number of hydrogen-bond acceptors (Lipinski definition) is 3. The molecule has 0 radical (unpaired) electrons. The predicted octanol–water partition coefficient (Wildman–Crippen LogP) is 2.97. The minimum Gasteiger partial charge on any atom is -0.365 e. The Morgan fingerprint density at radius 2 is 1.90 bits per heavy atom. The first-order valence-electron chi connectivity index (χ1n) is 6.81. The minimum atomic E-state index is -0.173. The van der Waals surface area contributed by atoms with Crippen molar-refractivity contribution in [2.24, 2.45) is 0 Å². The summed E-state index contributed by atoms with van der Waals surface area (Å²) < 4.78 is 14.2. The zero-order chi connectivity index (χ0) is 14.4. The van der Waals surface area contributed by atoms with Crippen molar-refractivity contribution in [3.8, 4) is 0 Å². The molecule has 1 aromatic carbocycles. The first-order valence-corrected chi connectivity index (χ1v) is 6.81. The van der Waals surface area contributed by atoms with Crippen LogP contribution in [0.4, 0.5) is 10.1 Å². The molecule has 4 heteroatoms. The van der Waals surface area contributed by atoms with E-state index in [1.807, 2.05) is 43.1 Å². The Labute approximate surface area is 119 Å². The average Bonchev–Trinajstić information content (AvgIpc) is 2.47. The van der Waals surface area contributed by atoms with E-state index in [-0.39, 0.29) is 5.82 Å². The van der Waals surface area contributed by atoms with Gasteiger partial charge < -0.3 is 10.2 Å². The van der Waals surface area contributed by atoms with Gasteiger partial charge in [0.2, 0.25) is 0 Å². The molecule has 0 bridgehead atoms. The van der Waals surface area contributed by atoms with Crippen molar-refractivity contribution in [2.45, 2.75) is 20.0 Å². The van der Waals surface area contributed by atoms with Crippen LogP contribution in [0.3, 0.4) is 0 Å². The van der Waals surface area contributed by atoms with Gasteiger partial charge in [-0.05, 0) is 49.4 Å². The highest BCUT2D eigenvalue weighted by molar-refractivity contribution is 5.49. The zero-order valence-electron chi connectivity index (χ0n) is 11.9. The Hall–Kier alpha value is -1.94. The lowest BCUT2D eigenvalue weighted by Crippen LogP contribution is -2.23. The van der Waals surface area contributed by atoms with Crippen molar-refractivity contribution < 1.29 is 4.39 Å². The number of aromatic nitrogens is 1. The van der Waals surface area contributed by atoms with Crippen molar-refractivity contribution in [3.63, 3.8) is 0 Å². The third kappa shape index (κ3) is 3.54. The minimum absolute atomic E-state index is 0.173. The van der Waals surface area contributed by atoms with E-state index < -0.39 is 0 Å². The molecule has 2 rings (SSSR count). The van der Waals surface area contributed by atoms with E-state index in [0.717, 1.165) is 17.7 Å². The van der Waals surface area contributed by atoms with Gasteiger partial charge in [-0.1, -0.05) is 6.07 Å². The summed E-state index contributed by atoms with van der Waals surface area (Å²) in [5.41, 5.74) is 2.72. The number of anilines is 1. The van der Waals surface area contributed by atoms with Crippen LogP contribution in [-0.2, 0) is 13.1 Å². The summed E-state index contributed by atoms with van der Waals surface area (Å²) in [6, 6.07) is 9.32. The first kappa shape index (κ1) is 14.5. The highest BCUT2D eigenvalue weighted by Gasteiger charge is 2.11. The van der Waals surface area contributed by atoms with Crippen LogP contribution in [0.2, 0.25) is 0 Å². The number of pyridine rings is 1. The topological polar surface area (TPSA) is 28.2 Å². The van der Waals surface area contributed by atoms with E-state index >= 15 is 0 Å². The molecule has 3 nitrogen and oxygen atoms in total. The maximum Gasteiger partial charge on any atom is 0.146 e. The predicted molar refractivity (Wildman–Crippen MR) is 80.1 cm³/mol. The summed E-state index contributed by atoms with van der Waals surface area (Å²) in [4.78, 5) is 6.02. The van der Waals surface area contributed by atoms with Crippen LogP contribution < -0.4 is 10.2 Å². The summed E-state index contributed by atoms with van der Waals surface area (Å²) >= 11 is 0. The van der Waals surface area contributed by atoms with Gasteiger partial charge in [-0.15, -0.1) is 0 Å². The van der Waals surface area contributed by atoms with Gasteiger partial charge >= 0.3 is 0 Å². The Morgan fingerprint density at radius 1 is 1.15 bits per heavy atom. The fourth-order valence-corrected chi connectivity index (χ4v) is 2.20. The highest BCUT2D eigenvalue weighted by atomic mass is 19.1. The summed E-state index contributed by atoms with van der Waals surface area (Å²) in [6.45, 7) is 4.14. The Kier molecular flexibility index (Phi) is 5.07. The van der Waals surface area contributed by atoms with E-state index in [1.54, 1.807) is 18.5 Å². The molecular weight excluding hydrogens is 253 g/mol. The second kappa shape index (κ2) is 7.01. The lowest BCUT2D eigenvalue weighted by atomic mass is 10.1. The van der Waals surface area contributed by atoms with Crippen LogP contribution in [0.25, 0.3) is 0 Å². The Balaban J connectivity index is 2.19. The van der Waals surface area contributed by atoms with Crippen molar-refractivity contribution >= 4 is 5.69 Å². The van der Waals surface area contributed by atoms with Crippen LogP contribution in [0, 0.1) is 5.82 Å². The highest BCUT2D eigenvalue weighted by Crippen LogP contribution is 2.22. The second-order valence-electron chi connectivity index (χ2n) is 4.69. The largest absolute Gasteiger partial charge is 0.365 e. The summed E-state index contributed by atoms with van der Waals surface area (Å²) in [7, 11) is 1.85. The molecule has 0 atom stereocenters. The fraction of sp³-hybridized carbons (Fsp3) is 0.312. The number of halogens is 1. The lowest BCUT2D eigenvalue weighted by molar-refractivity contribution is 0.614. The molecule has 1 N–H and O–H groups in total. The molecule has 0 aliphatic carbocycles. The van der Waals surface area contributed by atoms with Crippen LogP contribution in [-0.4, -0.2) is 18.6 Å². The molecule has 20 heavy (non-hydrogen) atoms. The van der Waals surface area contributed by atoms with E-state index in [0.29, 0.717) is 18.8 Å². The lowest BCUT2D eigenvalue weighted by Gasteiger charge is -2.24. The van der Waals surface area contributed by atoms with Gasteiger partial charge in [-0.2, -0.15) is 0 Å². The van der Waals surface area contributed by atoms with Gasteiger partial charge in [0.05, 0.1) is 5.69 Å². The standard InChI is InChI=1S/C16H20FN3/c1-3-20(12-13-6-8-19-9-7-13)16-5-4-14(11-18-2)10-15(16)17/h4-10,18H,3,11-12H2,1-2H3. The van der Waals surface area contributed by atoms with E-state index in [1.165, 1.54) is 0 Å². The quantitative estimate of drug-likeness (QED) is 0.877. The van der Waals surface area contributed by atoms with Crippen molar-refractivity contribution in [1.29, 1.82) is 0 Å². The Morgan fingerprint density at radius 3 is 2.50 bits per heavy atom. The molecule has 106 valence electrons. The number of hydrogen-bond donors (Lipinski definition) is 1. The van der Waals surface area contributed by atoms with Gasteiger partial charge in [-0.25, -0.2) is 4.39 Å². The van der Waals surface area contributed by atoms with Crippen LogP contribution >= 0.6 is 0 Å². The molecule has 2 aromatic rings.